The van der Waals surface area contributed by atoms with Crippen LogP contribution in [0.3, 0.4) is 0 Å². The molecule has 0 saturated heterocycles. The third-order valence-corrected chi connectivity index (χ3v) is 3.42. The Bertz CT molecular complexity index is 632. The van der Waals surface area contributed by atoms with E-state index in [1.807, 2.05) is 30.5 Å². The standard InChI is InChI=1S/C15H15N3O2S/c1-21-13-7-4-6-11(9-13)18-15(20)14(19)17-10-12-5-2-3-8-16-12/h2-9H,10H2,1H3,(H,17,19)(H,18,20). The van der Waals surface area contributed by atoms with Crippen molar-refractivity contribution in [2.24, 2.45) is 0 Å². The molecule has 0 fully saturated rings. The number of pyridine rings is 1. The summed E-state index contributed by atoms with van der Waals surface area (Å²) in [6.07, 6.45) is 3.58. The molecule has 2 rings (SSSR count). The normalized spacial score (nSPS) is 9.95. The number of nitrogens with zero attached hydrogens (tertiary/aromatic N) is 1. The molecule has 0 aliphatic heterocycles. The van der Waals surface area contributed by atoms with Crippen LogP contribution in [0.2, 0.25) is 0 Å². The molecule has 1 heterocycles. The lowest BCUT2D eigenvalue weighted by Crippen LogP contribution is -2.35. The second kappa shape index (κ2) is 7.44. The van der Waals surface area contributed by atoms with Crippen molar-refractivity contribution in [1.82, 2.24) is 10.3 Å². The predicted octanol–water partition coefficient (Wildman–Crippen LogP) is 2.06. The first-order valence-corrected chi connectivity index (χ1v) is 7.54. The molecule has 0 aliphatic rings. The second-order valence-corrected chi connectivity index (χ2v) is 5.07. The number of hydrogen-bond acceptors (Lipinski definition) is 4. The first-order valence-electron chi connectivity index (χ1n) is 6.32. The summed E-state index contributed by atoms with van der Waals surface area (Å²) < 4.78 is 0. The molecule has 0 unspecified atom stereocenters. The van der Waals surface area contributed by atoms with Gasteiger partial charge in [-0.2, -0.15) is 0 Å². The fourth-order valence-electron chi connectivity index (χ4n) is 1.64. The average molecular weight is 301 g/mol. The molecule has 108 valence electrons. The lowest BCUT2D eigenvalue weighted by molar-refractivity contribution is -0.136. The van der Waals surface area contributed by atoms with Gasteiger partial charge in [-0.25, -0.2) is 0 Å². The number of carbonyl (C=O) groups is 2. The Labute approximate surface area is 127 Å². The van der Waals surface area contributed by atoms with Crippen molar-refractivity contribution in [3.63, 3.8) is 0 Å². The zero-order valence-corrected chi connectivity index (χ0v) is 12.3. The first kappa shape index (κ1) is 15.1. The van der Waals surface area contributed by atoms with E-state index in [0.717, 1.165) is 4.90 Å². The van der Waals surface area contributed by atoms with Crippen LogP contribution in [0.1, 0.15) is 5.69 Å². The third-order valence-electron chi connectivity index (χ3n) is 2.69. The van der Waals surface area contributed by atoms with E-state index < -0.39 is 11.8 Å². The van der Waals surface area contributed by atoms with Gasteiger partial charge in [0.25, 0.3) is 0 Å². The van der Waals surface area contributed by atoms with Gasteiger partial charge in [0.1, 0.15) is 0 Å². The van der Waals surface area contributed by atoms with Crippen LogP contribution in [-0.4, -0.2) is 23.1 Å². The van der Waals surface area contributed by atoms with Crippen molar-refractivity contribution in [3.8, 4) is 0 Å². The molecule has 0 atom stereocenters. The van der Waals surface area contributed by atoms with Crippen LogP contribution in [0.5, 0.6) is 0 Å². The van der Waals surface area contributed by atoms with Crippen LogP contribution in [0.4, 0.5) is 5.69 Å². The maximum atomic E-state index is 11.8. The van der Waals surface area contributed by atoms with E-state index in [2.05, 4.69) is 15.6 Å². The second-order valence-electron chi connectivity index (χ2n) is 4.19. The van der Waals surface area contributed by atoms with Crippen LogP contribution in [0.25, 0.3) is 0 Å². The van der Waals surface area contributed by atoms with E-state index in [4.69, 9.17) is 0 Å². The highest BCUT2D eigenvalue weighted by atomic mass is 32.2. The molecule has 0 saturated carbocycles. The summed E-state index contributed by atoms with van der Waals surface area (Å²) in [5.74, 6) is -1.38. The number of thioether (sulfide) groups is 1. The highest BCUT2D eigenvalue weighted by Gasteiger charge is 2.13. The SMILES string of the molecule is CSc1cccc(NC(=O)C(=O)NCc2ccccn2)c1. The molecule has 5 nitrogen and oxygen atoms in total. The Morgan fingerprint density at radius 2 is 2.00 bits per heavy atom. The van der Waals surface area contributed by atoms with Gasteiger partial charge in [0, 0.05) is 16.8 Å². The molecule has 0 radical (unpaired) electrons. The van der Waals surface area contributed by atoms with Crippen LogP contribution in [0.15, 0.2) is 53.6 Å². The summed E-state index contributed by atoms with van der Waals surface area (Å²) in [6, 6.07) is 12.7. The van der Waals surface area contributed by atoms with Gasteiger partial charge in [-0.3, -0.25) is 14.6 Å². The molecule has 2 N–H and O–H groups in total. The third kappa shape index (κ3) is 4.61. The quantitative estimate of drug-likeness (QED) is 0.670. The van der Waals surface area contributed by atoms with Gasteiger partial charge < -0.3 is 10.6 Å². The van der Waals surface area contributed by atoms with Gasteiger partial charge in [0.05, 0.1) is 12.2 Å². The molecular weight excluding hydrogens is 286 g/mol. The minimum Gasteiger partial charge on any atom is -0.342 e. The molecule has 2 amide bonds. The lowest BCUT2D eigenvalue weighted by atomic mass is 10.3. The highest BCUT2D eigenvalue weighted by molar-refractivity contribution is 7.98. The molecule has 2 aromatic rings. The van der Waals surface area contributed by atoms with Crippen molar-refractivity contribution in [1.29, 1.82) is 0 Å². The summed E-state index contributed by atoms with van der Waals surface area (Å²) in [6.45, 7) is 0.220. The number of carbonyl (C=O) groups excluding carboxylic acids is 2. The Morgan fingerprint density at radius 3 is 2.71 bits per heavy atom. The van der Waals surface area contributed by atoms with E-state index in [9.17, 15) is 9.59 Å². The highest BCUT2D eigenvalue weighted by Crippen LogP contribution is 2.18. The van der Waals surface area contributed by atoms with Crippen molar-refractivity contribution in [2.45, 2.75) is 11.4 Å². The first-order chi connectivity index (χ1) is 10.2. The minimum absolute atomic E-state index is 0.220. The number of anilines is 1. The van der Waals surface area contributed by atoms with Crippen LogP contribution in [-0.2, 0) is 16.1 Å². The maximum Gasteiger partial charge on any atom is 0.313 e. The number of nitrogens with one attached hydrogen (secondary N) is 2. The maximum absolute atomic E-state index is 11.8. The fourth-order valence-corrected chi connectivity index (χ4v) is 2.10. The van der Waals surface area contributed by atoms with E-state index >= 15 is 0 Å². The van der Waals surface area contributed by atoms with Crippen molar-refractivity contribution in [3.05, 3.63) is 54.4 Å². The van der Waals surface area contributed by atoms with E-state index in [0.29, 0.717) is 11.4 Å². The number of hydrogen-bond donors (Lipinski definition) is 2. The predicted molar refractivity (Wildman–Crippen MR) is 82.9 cm³/mol. The number of aromatic nitrogens is 1. The Balaban J connectivity index is 1.89. The molecule has 21 heavy (non-hydrogen) atoms. The van der Waals surface area contributed by atoms with Crippen LogP contribution >= 0.6 is 11.8 Å². The van der Waals surface area contributed by atoms with Crippen molar-refractivity contribution < 1.29 is 9.59 Å². The average Bonchev–Trinajstić information content (AvgIpc) is 2.53. The van der Waals surface area contributed by atoms with Gasteiger partial charge in [-0.15, -0.1) is 11.8 Å². The summed E-state index contributed by atoms with van der Waals surface area (Å²) >= 11 is 1.57. The molecule has 1 aromatic carbocycles. The van der Waals surface area contributed by atoms with Crippen LogP contribution < -0.4 is 10.6 Å². The molecule has 0 aliphatic carbocycles. The molecule has 6 heteroatoms. The number of amides is 2. The molecule has 1 aromatic heterocycles. The van der Waals surface area contributed by atoms with Gasteiger partial charge in [0.2, 0.25) is 0 Å². The molecule has 0 bridgehead atoms. The van der Waals surface area contributed by atoms with Gasteiger partial charge in [0.15, 0.2) is 0 Å². The smallest absolute Gasteiger partial charge is 0.313 e. The van der Waals surface area contributed by atoms with E-state index in [-0.39, 0.29) is 6.54 Å². The monoisotopic (exact) mass is 301 g/mol. The number of rotatable bonds is 4. The van der Waals surface area contributed by atoms with Crippen molar-refractivity contribution in [2.75, 3.05) is 11.6 Å². The number of benzene rings is 1. The largest absolute Gasteiger partial charge is 0.342 e. The summed E-state index contributed by atoms with van der Waals surface area (Å²) in [7, 11) is 0. The topological polar surface area (TPSA) is 71.1 Å². The zero-order chi connectivity index (χ0) is 15.1. The minimum atomic E-state index is -0.691. The lowest BCUT2D eigenvalue weighted by Gasteiger charge is -2.07. The zero-order valence-electron chi connectivity index (χ0n) is 11.5. The summed E-state index contributed by atoms with van der Waals surface area (Å²) in [5.41, 5.74) is 1.29. The van der Waals surface area contributed by atoms with Gasteiger partial charge in [-0.05, 0) is 36.6 Å². The van der Waals surface area contributed by atoms with Crippen LogP contribution in [0, 0.1) is 0 Å². The van der Waals surface area contributed by atoms with E-state index in [1.54, 1.807) is 36.2 Å². The molecule has 0 spiro atoms. The summed E-state index contributed by atoms with van der Waals surface area (Å²) in [5, 5.41) is 5.10. The Morgan fingerprint density at radius 1 is 1.14 bits per heavy atom. The molecular formula is C15H15N3O2S. The Hall–Kier alpha value is -2.34. The fraction of sp³-hybridized carbons (Fsp3) is 0.133. The Kier molecular flexibility index (Phi) is 5.34. The van der Waals surface area contributed by atoms with Crippen molar-refractivity contribution >= 4 is 29.3 Å². The van der Waals surface area contributed by atoms with Gasteiger partial charge >= 0.3 is 11.8 Å². The summed E-state index contributed by atoms with van der Waals surface area (Å²) in [4.78, 5) is 28.6. The van der Waals surface area contributed by atoms with E-state index in [1.165, 1.54) is 0 Å². The van der Waals surface area contributed by atoms with Gasteiger partial charge in [-0.1, -0.05) is 12.1 Å².